The van der Waals surface area contributed by atoms with Gasteiger partial charge in [-0.2, -0.15) is 0 Å². The molecule has 0 aromatic heterocycles. The van der Waals surface area contributed by atoms with E-state index in [-0.39, 0.29) is 0 Å². The van der Waals surface area contributed by atoms with Gasteiger partial charge in [0.05, 0.1) is 0 Å². The Balaban J connectivity index is 2.13. The van der Waals surface area contributed by atoms with Crippen LogP contribution >= 0.6 is 0 Å². The van der Waals surface area contributed by atoms with E-state index >= 15 is 0 Å². The molecule has 0 saturated carbocycles. The van der Waals surface area contributed by atoms with E-state index in [0.29, 0.717) is 0 Å². The summed E-state index contributed by atoms with van der Waals surface area (Å²) >= 11 is 0. The molecule has 1 unspecified atom stereocenters. The molecule has 2 aliphatic rings. The maximum Gasteiger partial charge on any atom is 0.0431 e. The molecular formula is C7H12N2. The van der Waals surface area contributed by atoms with E-state index in [0.717, 1.165) is 12.6 Å². The van der Waals surface area contributed by atoms with Crippen LogP contribution in [0.25, 0.3) is 0 Å². The van der Waals surface area contributed by atoms with E-state index in [1.807, 2.05) is 0 Å². The monoisotopic (exact) mass is 124 g/mol. The number of piperidine rings is 1. The molecule has 0 aliphatic carbocycles. The molecule has 2 bridgehead atoms. The van der Waals surface area contributed by atoms with E-state index in [9.17, 15) is 0 Å². The van der Waals surface area contributed by atoms with Crippen molar-refractivity contribution in [1.29, 1.82) is 0 Å². The van der Waals surface area contributed by atoms with Crippen LogP contribution in [0, 0.1) is 0 Å². The number of fused-ring (bicyclic) bond motifs is 2. The van der Waals surface area contributed by atoms with E-state index in [1.165, 1.54) is 25.0 Å². The molecule has 1 atom stereocenters. The summed E-state index contributed by atoms with van der Waals surface area (Å²) in [6.45, 7) is 1.11. The van der Waals surface area contributed by atoms with Gasteiger partial charge in [0.25, 0.3) is 0 Å². The number of hydrogen-bond donors (Lipinski definition) is 2. The minimum absolute atomic E-state index is 0.721. The second kappa shape index (κ2) is 1.94. The van der Waals surface area contributed by atoms with E-state index in [2.05, 4.69) is 16.8 Å². The van der Waals surface area contributed by atoms with E-state index in [1.54, 1.807) is 0 Å². The Labute approximate surface area is 55.3 Å². The minimum Gasteiger partial charge on any atom is -0.387 e. The highest BCUT2D eigenvalue weighted by atomic mass is 15.0. The second-order valence-electron chi connectivity index (χ2n) is 2.81. The third-order valence-electron chi connectivity index (χ3n) is 2.03. The Morgan fingerprint density at radius 2 is 2.56 bits per heavy atom. The Kier molecular flexibility index (Phi) is 1.11. The number of nitrogens with one attached hydrogen (secondary N) is 2. The van der Waals surface area contributed by atoms with Crippen molar-refractivity contribution >= 4 is 0 Å². The predicted octanol–water partition coefficient (Wildman–Crippen LogP) is 0.573. The molecule has 2 heterocycles. The van der Waals surface area contributed by atoms with E-state index < -0.39 is 0 Å². The number of hydrogen-bond acceptors (Lipinski definition) is 2. The molecular weight excluding hydrogens is 112 g/mol. The zero-order valence-corrected chi connectivity index (χ0v) is 5.48. The topological polar surface area (TPSA) is 24.1 Å². The van der Waals surface area contributed by atoms with Gasteiger partial charge in [-0.3, -0.25) is 0 Å². The average molecular weight is 124 g/mol. The number of rotatable bonds is 0. The minimum atomic E-state index is 0.721. The second-order valence-corrected chi connectivity index (χ2v) is 2.81. The molecule has 1 fully saturated rings. The van der Waals surface area contributed by atoms with Crippen LogP contribution in [0.4, 0.5) is 0 Å². The van der Waals surface area contributed by atoms with Gasteiger partial charge in [0.2, 0.25) is 0 Å². The smallest absolute Gasteiger partial charge is 0.0431 e. The van der Waals surface area contributed by atoms with E-state index in [4.69, 9.17) is 0 Å². The summed E-state index contributed by atoms with van der Waals surface area (Å²) in [6, 6.07) is 0.721. The predicted molar refractivity (Wildman–Crippen MR) is 36.9 cm³/mol. The highest BCUT2D eigenvalue weighted by molar-refractivity contribution is 5.07. The lowest BCUT2D eigenvalue weighted by Gasteiger charge is -2.30. The van der Waals surface area contributed by atoms with Gasteiger partial charge in [-0.1, -0.05) is 0 Å². The summed E-state index contributed by atoms with van der Waals surface area (Å²) in [4.78, 5) is 0. The Morgan fingerprint density at radius 1 is 1.56 bits per heavy atom. The Bertz CT molecular complexity index is 140. The zero-order chi connectivity index (χ0) is 6.10. The maximum atomic E-state index is 3.45. The Hall–Kier alpha value is -0.660. The highest BCUT2D eigenvalue weighted by Gasteiger charge is 2.17. The first-order chi connectivity index (χ1) is 4.45. The van der Waals surface area contributed by atoms with Gasteiger partial charge in [0, 0.05) is 24.5 Å². The summed E-state index contributed by atoms with van der Waals surface area (Å²) in [5, 5.41) is 6.71. The lowest BCUT2D eigenvalue weighted by atomic mass is 10.0. The molecule has 50 valence electrons. The van der Waals surface area contributed by atoms with Gasteiger partial charge in [-0.25, -0.2) is 0 Å². The quantitative estimate of drug-likeness (QED) is 0.493. The standard InChI is InChI=1S/C7H12N2/c1-2-6-4-8-5-7(3-1)9-6/h4,7-9H,1-3,5H2. The van der Waals surface area contributed by atoms with Crippen molar-refractivity contribution in [2.45, 2.75) is 25.3 Å². The summed E-state index contributed by atoms with van der Waals surface area (Å²) < 4.78 is 0. The summed E-state index contributed by atoms with van der Waals surface area (Å²) in [6.07, 6.45) is 6.05. The van der Waals surface area contributed by atoms with Crippen molar-refractivity contribution in [1.82, 2.24) is 10.6 Å². The molecule has 0 aromatic rings. The van der Waals surface area contributed by atoms with Crippen molar-refractivity contribution in [3.05, 3.63) is 11.9 Å². The zero-order valence-electron chi connectivity index (χ0n) is 5.48. The van der Waals surface area contributed by atoms with Crippen LogP contribution in [0.1, 0.15) is 19.3 Å². The van der Waals surface area contributed by atoms with Crippen molar-refractivity contribution in [2.24, 2.45) is 0 Å². The van der Waals surface area contributed by atoms with Gasteiger partial charge < -0.3 is 10.6 Å². The third kappa shape index (κ3) is 0.889. The fourth-order valence-electron chi connectivity index (χ4n) is 1.54. The number of allylic oxidation sites excluding steroid dienone is 1. The molecule has 0 spiro atoms. The normalized spacial score (nSPS) is 32.0. The van der Waals surface area contributed by atoms with Crippen molar-refractivity contribution in [3.8, 4) is 0 Å². The van der Waals surface area contributed by atoms with Crippen LogP contribution in [-0.4, -0.2) is 12.6 Å². The molecule has 2 rings (SSSR count). The van der Waals surface area contributed by atoms with Gasteiger partial charge in [0.15, 0.2) is 0 Å². The summed E-state index contributed by atoms with van der Waals surface area (Å²) in [5.74, 6) is 0. The third-order valence-corrected chi connectivity index (χ3v) is 2.03. The van der Waals surface area contributed by atoms with Crippen molar-refractivity contribution < 1.29 is 0 Å². The molecule has 1 saturated heterocycles. The van der Waals surface area contributed by atoms with Crippen LogP contribution in [0.5, 0.6) is 0 Å². The first kappa shape index (κ1) is 5.15. The van der Waals surface area contributed by atoms with Gasteiger partial charge in [0.1, 0.15) is 0 Å². The van der Waals surface area contributed by atoms with Crippen LogP contribution in [0.3, 0.4) is 0 Å². The molecule has 2 heteroatoms. The lowest BCUT2D eigenvalue weighted by molar-refractivity contribution is 0.415. The fourth-order valence-corrected chi connectivity index (χ4v) is 1.54. The highest BCUT2D eigenvalue weighted by Crippen LogP contribution is 2.16. The molecule has 9 heavy (non-hydrogen) atoms. The van der Waals surface area contributed by atoms with Crippen LogP contribution in [0.2, 0.25) is 0 Å². The first-order valence-corrected chi connectivity index (χ1v) is 3.64. The molecule has 0 radical (unpaired) electrons. The molecule has 0 aromatic carbocycles. The SMILES string of the molecule is C1=C2CCCC(CN1)N2. The average Bonchev–Trinajstić information content (AvgIpc) is 1.88. The molecule has 2 N–H and O–H groups in total. The van der Waals surface area contributed by atoms with Crippen LogP contribution in [-0.2, 0) is 0 Å². The van der Waals surface area contributed by atoms with Gasteiger partial charge in [-0.05, 0) is 19.3 Å². The molecule has 2 nitrogen and oxygen atoms in total. The molecule has 0 amide bonds. The van der Waals surface area contributed by atoms with Crippen molar-refractivity contribution in [2.75, 3.05) is 6.54 Å². The van der Waals surface area contributed by atoms with Crippen LogP contribution < -0.4 is 10.6 Å². The van der Waals surface area contributed by atoms with Gasteiger partial charge in [-0.15, -0.1) is 0 Å². The largest absolute Gasteiger partial charge is 0.387 e. The van der Waals surface area contributed by atoms with Crippen molar-refractivity contribution in [3.63, 3.8) is 0 Å². The fraction of sp³-hybridized carbons (Fsp3) is 0.714. The lowest BCUT2D eigenvalue weighted by Crippen LogP contribution is -2.43. The first-order valence-electron chi connectivity index (χ1n) is 3.64. The van der Waals surface area contributed by atoms with Gasteiger partial charge >= 0.3 is 0 Å². The van der Waals surface area contributed by atoms with Crippen LogP contribution in [0.15, 0.2) is 11.9 Å². The summed E-state index contributed by atoms with van der Waals surface area (Å²) in [7, 11) is 0. The summed E-state index contributed by atoms with van der Waals surface area (Å²) in [5.41, 5.74) is 1.40. The molecule has 2 aliphatic heterocycles. The Morgan fingerprint density at radius 3 is 3.33 bits per heavy atom. The maximum absolute atomic E-state index is 3.45.